The third-order valence-electron chi connectivity index (χ3n) is 6.74. The Hall–Kier alpha value is -2.25. The Labute approximate surface area is 250 Å². The first kappa shape index (κ1) is 31.3. The van der Waals surface area contributed by atoms with Gasteiger partial charge in [0.05, 0.1) is 11.0 Å². The maximum atomic E-state index is 12.4. The van der Waals surface area contributed by atoms with Crippen LogP contribution >= 0.6 is 0 Å². The molecule has 0 saturated heterocycles. The predicted octanol–water partition coefficient (Wildman–Crippen LogP) is 1.02. The molecule has 0 spiro atoms. The first-order valence-corrected chi connectivity index (χ1v) is 15.2. The largest absolute Gasteiger partial charge is 1.00 e. The summed E-state index contributed by atoms with van der Waals surface area (Å²) in [6.45, 7) is 11.2. The van der Waals surface area contributed by atoms with E-state index in [1.807, 2.05) is 64.1 Å². The summed E-state index contributed by atoms with van der Waals surface area (Å²) in [5.41, 5.74) is 2.44. The van der Waals surface area contributed by atoms with Gasteiger partial charge in [-0.25, -0.2) is 13.0 Å². The fourth-order valence-corrected chi connectivity index (χ4v) is 6.10. The number of nitrogens with zero attached hydrogens (tertiary/aromatic N) is 2. The van der Waals surface area contributed by atoms with E-state index >= 15 is 0 Å². The molecule has 39 heavy (non-hydrogen) atoms. The van der Waals surface area contributed by atoms with Gasteiger partial charge in [0.1, 0.15) is 39.4 Å². The molecule has 2 aliphatic rings. The van der Waals surface area contributed by atoms with E-state index < -0.39 is 30.0 Å². The number of rotatable bonds is 8. The van der Waals surface area contributed by atoms with Gasteiger partial charge in [-0.2, -0.15) is 8.42 Å². The standard InChI is InChI=1S/C27H30N2O7S2.Na/c1-5-28(6-2)18-9-12-21-24(15-18)36-25-16-19(29(7-3)8-4)10-13-22(25)27(21)23-14-11-20(37(30,31)32)17-26(23)38(33,34)35;/h9-17H,5-8H2,1-4H3,(H-,30,31,32,33,34,35);/q;+1. The second-order valence-corrected chi connectivity index (χ2v) is 11.5. The molecule has 0 bridgehead atoms. The van der Waals surface area contributed by atoms with Crippen molar-refractivity contribution in [3.05, 3.63) is 60.0 Å². The van der Waals surface area contributed by atoms with Crippen molar-refractivity contribution in [2.24, 2.45) is 0 Å². The minimum absolute atomic E-state index is 0. The molecular weight excluding hydrogens is 551 g/mol. The molecule has 1 heterocycles. The summed E-state index contributed by atoms with van der Waals surface area (Å²) in [7, 11) is -9.88. The third kappa shape index (κ3) is 6.25. The summed E-state index contributed by atoms with van der Waals surface area (Å²) < 4.78 is 78.4. The minimum atomic E-state index is -4.97. The molecule has 0 radical (unpaired) electrons. The normalized spacial score (nSPS) is 11.9. The van der Waals surface area contributed by atoms with Crippen molar-refractivity contribution in [1.29, 1.82) is 0 Å². The van der Waals surface area contributed by atoms with Gasteiger partial charge >= 0.3 is 29.6 Å². The molecule has 1 aliphatic carbocycles. The Morgan fingerprint density at radius 3 is 2.08 bits per heavy atom. The molecule has 0 amide bonds. The van der Waals surface area contributed by atoms with Crippen molar-refractivity contribution in [1.82, 2.24) is 4.58 Å². The van der Waals surface area contributed by atoms with E-state index in [-0.39, 0.29) is 35.1 Å². The Bertz CT molecular complexity index is 1770. The minimum Gasteiger partial charge on any atom is -0.744 e. The molecule has 0 saturated carbocycles. The zero-order valence-corrected chi connectivity index (χ0v) is 26.3. The molecule has 202 valence electrons. The molecule has 0 aromatic heterocycles. The van der Waals surface area contributed by atoms with Gasteiger partial charge in [0.2, 0.25) is 5.36 Å². The van der Waals surface area contributed by atoms with Crippen molar-refractivity contribution >= 4 is 36.9 Å². The van der Waals surface area contributed by atoms with E-state index in [2.05, 4.69) is 9.48 Å². The Balaban J connectivity index is 0.00000420. The number of anilines is 1. The van der Waals surface area contributed by atoms with Crippen molar-refractivity contribution in [2.45, 2.75) is 37.5 Å². The molecule has 2 aromatic carbocycles. The van der Waals surface area contributed by atoms with Crippen molar-refractivity contribution < 1.29 is 59.9 Å². The molecule has 2 aromatic rings. The van der Waals surface area contributed by atoms with E-state index in [9.17, 15) is 25.9 Å². The van der Waals surface area contributed by atoms with Crippen LogP contribution in [0.5, 0.6) is 0 Å². The van der Waals surface area contributed by atoms with Crippen LogP contribution in [0.2, 0.25) is 0 Å². The van der Waals surface area contributed by atoms with Gasteiger partial charge < -0.3 is 13.9 Å². The van der Waals surface area contributed by atoms with E-state index in [0.29, 0.717) is 33.9 Å². The van der Waals surface area contributed by atoms with Crippen LogP contribution in [-0.4, -0.2) is 52.1 Å². The Morgan fingerprint density at radius 2 is 1.51 bits per heavy atom. The summed E-state index contributed by atoms with van der Waals surface area (Å²) in [4.78, 5) is 0.711. The third-order valence-corrected chi connectivity index (χ3v) is 8.46. The van der Waals surface area contributed by atoms with E-state index in [1.165, 1.54) is 6.07 Å². The first-order valence-electron chi connectivity index (χ1n) is 12.3. The van der Waals surface area contributed by atoms with Gasteiger partial charge in [-0.1, -0.05) is 6.07 Å². The zero-order valence-electron chi connectivity index (χ0n) is 22.6. The fraction of sp³-hybridized carbons (Fsp3) is 0.296. The summed E-state index contributed by atoms with van der Waals surface area (Å²) in [5, 5.41) is 1.48. The molecule has 4 rings (SSSR count). The molecule has 0 atom stereocenters. The average Bonchev–Trinajstić information content (AvgIpc) is 2.87. The smallest absolute Gasteiger partial charge is 0.744 e. The maximum Gasteiger partial charge on any atom is 1.00 e. The van der Waals surface area contributed by atoms with Crippen molar-refractivity contribution in [2.75, 3.05) is 31.1 Å². The van der Waals surface area contributed by atoms with E-state index in [4.69, 9.17) is 4.42 Å². The predicted molar refractivity (Wildman–Crippen MR) is 146 cm³/mol. The van der Waals surface area contributed by atoms with Gasteiger partial charge in [-0.3, -0.25) is 4.55 Å². The topological polar surface area (TPSA) is 131 Å². The number of benzene rings is 3. The van der Waals surface area contributed by atoms with Gasteiger partial charge in [-0.05, 0) is 58.0 Å². The quantitative estimate of drug-likeness (QED) is 0.141. The number of hydrogen-bond acceptors (Lipinski definition) is 7. The fourth-order valence-electron chi connectivity index (χ4n) is 4.81. The SMILES string of the molecule is CCN(CC)c1ccc2c(-c3ccc(S(=O)(=O)[O-])cc3S(=O)(=O)O)c3ccc(=[N+](CC)CC)cc-3oc2c1.[Na+]. The van der Waals surface area contributed by atoms with Crippen molar-refractivity contribution in [3.63, 3.8) is 0 Å². The van der Waals surface area contributed by atoms with Crippen LogP contribution in [0.25, 0.3) is 33.4 Å². The summed E-state index contributed by atoms with van der Waals surface area (Å²) in [5.74, 6) is 0.482. The molecule has 0 fully saturated rings. The van der Waals surface area contributed by atoms with Crippen LogP contribution in [0.4, 0.5) is 5.69 Å². The second kappa shape index (κ2) is 12.1. The van der Waals surface area contributed by atoms with E-state index in [1.54, 1.807) is 0 Å². The number of fused-ring (bicyclic) bond motifs is 2. The van der Waals surface area contributed by atoms with Crippen LogP contribution in [-0.2, 0) is 20.2 Å². The Kier molecular flexibility index (Phi) is 9.70. The molecule has 1 aliphatic heterocycles. The zero-order chi connectivity index (χ0) is 27.8. The van der Waals surface area contributed by atoms with Gasteiger partial charge in [0, 0.05) is 53.0 Å². The average molecular weight is 582 g/mol. The summed E-state index contributed by atoms with van der Waals surface area (Å²) in [6.07, 6.45) is 0. The van der Waals surface area contributed by atoms with Crippen LogP contribution in [0.15, 0.2) is 68.8 Å². The first-order chi connectivity index (χ1) is 17.9. The monoisotopic (exact) mass is 581 g/mol. The Morgan fingerprint density at radius 1 is 0.872 bits per heavy atom. The van der Waals surface area contributed by atoms with E-state index in [0.717, 1.165) is 43.3 Å². The summed E-state index contributed by atoms with van der Waals surface area (Å²) >= 11 is 0. The second-order valence-electron chi connectivity index (χ2n) is 8.77. The van der Waals surface area contributed by atoms with Crippen molar-refractivity contribution in [3.8, 4) is 22.5 Å². The van der Waals surface area contributed by atoms with Gasteiger partial charge in [0.15, 0.2) is 0 Å². The molecule has 0 unspecified atom stereocenters. The van der Waals surface area contributed by atoms with Crippen LogP contribution in [0, 0.1) is 0 Å². The molecule has 1 N–H and O–H groups in total. The molecule has 12 heteroatoms. The van der Waals surface area contributed by atoms with Crippen LogP contribution in [0.3, 0.4) is 0 Å². The molecule has 9 nitrogen and oxygen atoms in total. The summed E-state index contributed by atoms with van der Waals surface area (Å²) in [6, 6.07) is 14.1. The number of hydrogen-bond donors (Lipinski definition) is 1. The molecular formula is C27H30N2NaO7S2+. The van der Waals surface area contributed by atoms with Gasteiger partial charge in [-0.15, -0.1) is 0 Å². The van der Waals surface area contributed by atoms with Crippen LogP contribution < -0.4 is 44.4 Å². The van der Waals surface area contributed by atoms with Crippen LogP contribution in [0.1, 0.15) is 27.7 Å². The maximum absolute atomic E-state index is 12.4. The van der Waals surface area contributed by atoms with Gasteiger partial charge in [0.25, 0.3) is 10.1 Å².